The molecule has 0 saturated heterocycles. The molecule has 0 aliphatic rings. The van der Waals surface area contributed by atoms with Gasteiger partial charge in [0.05, 0.1) is 19.8 Å². The van der Waals surface area contributed by atoms with Crippen molar-refractivity contribution >= 4 is 11.3 Å². The Kier molecular flexibility index (Phi) is 8.25. The van der Waals surface area contributed by atoms with Crippen LogP contribution in [-0.4, -0.2) is 26.4 Å². The lowest BCUT2D eigenvalue weighted by Gasteiger charge is -2.04. The summed E-state index contributed by atoms with van der Waals surface area (Å²) in [7, 11) is 0. The Morgan fingerprint density at radius 2 is 1.94 bits per heavy atom. The molecule has 104 valence electrons. The molecule has 0 aliphatic heterocycles. The molecular weight excluding hydrogens is 246 g/mol. The van der Waals surface area contributed by atoms with Gasteiger partial charge in [0.25, 0.3) is 0 Å². The lowest BCUT2D eigenvalue weighted by molar-refractivity contribution is 0.0408. The average molecular weight is 271 g/mol. The van der Waals surface area contributed by atoms with Gasteiger partial charge in [0, 0.05) is 22.9 Å². The zero-order valence-electron chi connectivity index (χ0n) is 11.8. The third kappa shape index (κ3) is 5.96. The molecule has 1 rings (SSSR count). The molecule has 1 heterocycles. The van der Waals surface area contributed by atoms with E-state index in [-0.39, 0.29) is 0 Å². The topological polar surface area (TPSA) is 30.5 Å². The van der Waals surface area contributed by atoms with Crippen molar-refractivity contribution in [3.05, 3.63) is 21.4 Å². The molecule has 4 heteroatoms. The maximum Gasteiger partial charge on any atom is 0.0728 e. The van der Waals surface area contributed by atoms with E-state index in [0.717, 1.165) is 26.1 Å². The van der Waals surface area contributed by atoms with Crippen LogP contribution in [0.5, 0.6) is 0 Å². The molecule has 0 fully saturated rings. The predicted molar refractivity (Wildman–Crippen MR) is 77.2 cm³/mol. The summed E-state index contributed by atoms with van der Waals surface area (Å²) in [6.45, 7) is 11.3. The van der Waals surface area contributed by atoms with Crippen LogP contribution in [0.25, 0.3) is 0 Å². The maximum atomic E-state index is 5.63. The zero-order valence-corrected chi connectivity index (χ0v) is 12.6. The van der Waals surface area contributed by atoms with Gasteiger partial charge in [0.2, 0.25) is 0 Å². The molecule has 1 aromatic rings. The first-order valence-electron chi connectivity index (χ1n) is 6.72. The van der Waals surface area contributed by atoms with E-state index in [1.807, 2.05) is 11.3 Å². The molecule has 3 nitrogen and oxygen atoms in total. The van der Waals surface area contributed by atoms with E-state index in [1.165, 1.54) is 15.3 Å². The summed E-state index contributed by atoms with van der Waals surface area (Å²) in [5.41, 5.74) is 1.31. The Labute approximate surface area is 114 Å². The molecule has 1 N–H and O–H groups in total. The molecule has 0 radical (unpaired) electrons. The van der Waals surface area contributed by atoms with Gasteiger partial charge in [-0.05, 0) is 31.5 Å². The van der Waals surface area contributed by atoms with Crippen molar-refractivity contribution in [3.8, 4) is 0 Å². The highest BCUT2D eigenvalue weighted by atomic mass is 32.1. The zero-order chi connectivity index (χ0) is 13.2. The van der Waals surface area contributed by atoms with Crippen LogP contribution in [0.1, 0.15) is 35.6 Å². The normalized spacial score (nSPS) is 11.1. The first-order valence-corrected chi connectivity index (χ1v) is 7.54. The summed E-state index contributed by atoms with van der Waals surface area (Å²) < 4.78 is 11.0. The summed E-state index contributed by atoms with van der Waals surface area (Å²) >= 11 is 1.85. The summed E-state index contributed by atoms with van der Waals surface area (Å²) in [4.78, 5) is 2.74. The first kappa shape index (κ1) is 15.6. The number of hydrogen-bond acceptors (Lipinski definition) is 4. The predicted octanol–water partition coefficient (Wildman–Crippen LogP) is 3.11. The van der Waals surface area contributed by atoms with Gasteiger partial charge in [-0.25, -0.2) is 0 Å². The Hall–Kier alpha value is -0.420. The summed E-state index contributed by atoms with van der Waals surface area (Å²) in [5, 5.41) is 3.35. The van der Waals surface area contributed by atoms with Crippen LogP contribution in [-0.2, 0) is 22.6 Å². The second kappa shape index (κ2) is 9.50. The highest BCUT2D eigenvalue weighted by Gasteiger charge is 2.05. The van der Waals surface area contributed by atoms with Gasteiger partial charge in [0.15, 0.2) is 0 Å². The lowest BCUT2D eigenvalue weighted by Crippen LogP contribution is -2.10. The fourth-order valence-corrected chi connectivity index (χ4v) is 2.63. The SMILES string of the molecule is CCCOCCOCc1cc(CNCC)sc1C. The van der Waals surface area contributed by atoms with Crippen molar-refractivity contribution in [2.75, 3.05) is 26.4 Å². The molecule has 0 spiro atoms. The summed E-state index contributed by atoms with van der Waals surface area (Å²) in [6.07, 6.45) is 1.07. The van der Waals surface area contributed by atoms with Crippen LogP contribution < -0.4 is 5.32 Å². The van der Waals surface area contributed by atoms with Gasteiger partial charge in [0.1, 0.15) is 0 Å². The van der Waals surface area contributed by atoms with Crippen LogP contribution in [0, 0.1) is 6.92 Å². The highest BCUT2D eigenvalue weighted by Crippen LogP contribution is 2.22. The first-order chi connectivity index (χ1) is 8.77. The van der Waals surface area contributed by atoms with Crippen molar-refractivity contribution in [2.24, 2.45) is 0 Å². The molecule has 18 heavy (non-hydrogen) atoms. The molecule has 0 bridgehead atoms. The minimum Gasteiger partial charge on any atom is -0.379 e. The molecule has 1 aromatic heterocycles. The highest BCUT2D eigenvalue weighted by molar-refractivity contribution is 7.12. The van der Waals surface area contributed by atoms with Crippen molar-refractivity contribution < 1.29 is 9.47 Å². The van der Waals surface area contributed by atoms with Crippen molar-refractivity contribution in [1.82, 2.24) is 5.32 Å². The third-order valence-electron chi connectivity index (χ3n) is 2.60. The number of thiophene rings is 1. The fraction of sp³-hybridized carbons (Fsp3) is 0.714. The molecule has 0 aliphatic carbocycles. The summed E-state index contributed by atoms with van der Waals surface area (Å²) in [5.74, 6) is 0. The van der Waals surface area contributed by atoms with E-state index >= 15 is 0 Å². The van der Waals surface area contributed by atoms with Crippen LogP contribution in [0.15, 0.2) is 6.07 Å². The Morgan fingerprint density at radius 1 is 1.17 bits per heavy atom. The minimum absolute atomic E-state index is 0.678. The smallest absolute Gasteiger partial charge is 0.0728 e. The van der Waals surface area contributed by atoms with Crippen LogP contribution >= 0.6 is 11.3 Å². The standard InChI is InChI=1S/C14H25NO2S/c1-4-6-16-7-8-17-11-13-9-14(10-15-5-2)18-12(13)3/h9,15H,4-8,10-11H2,1-3H3. The number of hydrogen-bond donors (Lipinski definition) is 1. The van der Waals surface area contributed by atoms with E-state index < -0.39 is 0 Å². The Balaban J connectivity index is 2.22. The molecule has 0 saturated carbocycles. The van der Waals surface area contributed by atoms with E-state index in [4.69, 9.17) is 9.47 Å². The molecule has 0 aromatic carbocycles. The average Bonchev–Trinajstić information content (AvgIpc) is 2.72. The van der Waals surface area contributed by atoms with Crippen LogP contribution in [0.2, 0.25) is 0 Å². The number of aryl methyl sites for hydroxylation is 1. The van der Waals surface area contributed by atoms with E-state index in [0.29, 0.717) is 19.8 Å². The number of nitrogens with one attached hydrogen (secondary N) is 1. The van der Waals surface area contributed by atoms with Crippen LogP contribution in [0.4, 0.5) is 0 Å². The van der Waals surface area contributed by atoms with Crippen molar-refractivity contribution in [1.29, 1.82) is 0 Å². The fourth-order valence-electron chi connectivity index (χ4n) is 1.61. The van der Waals surface area contributed by atoms with Gasteiger partial charge in [-0.15, -0.1) is 11.3 Å². The Morgan fingerprint density at radius 3 is 2.67 bits per heavy atom. The minimum atomic E-state index is 0.678. The van der Waals surface area contributed by atoms with Crippen LogP contribution in [0.3, 0.4) is 0 Å². The van der Waals surface area contributed by atoms with Crippen molar-refractivity contribution in [2.45, 2.75) is 40.3 Å². The van der Waals surface area contributed by atoms with Crippen molar-refractivity contribution in [3.63, 3.8) is 0 Å². The second-order valence-electron chi connectivity index (χ2n) is 4.24. The molecular formula is C14H25NO2S. The third-order valence-corrected chi connectivity index (χ3v) is 3.69. The van der Waals surface area contributed by atoms with Gasteiger partial charge < -0.3 is 14.8 Å². The molecule has 0 amide bonds. The van der Waals surface area contributed by atoms with Gasteiger partial charge >= 0.3 is 0 Å². The monoisotopic (exact) mass is 271 g/mol. The number of rotatable bonds is 10. The molecule has 0 atom stereocenters. The summed E-state index contributed by atoms with van der Waals surface area (Å²) in [6, 6.07) is 2.25. The lowest BCUT2D eigenvalue weighted by atomic mass is 10.2. The largest absolute Gasteiger partial charge is 0.379 e. The van der Waals surface area contributed by atoms with E-state index in [1.54, 1.807) is 0 Å². The van der Waals surface area contributed by atoms with E-state index in [2.05, 4.69) is 32.2 Å². The quantitative estimate of drug-likeness (QED) is 0.663. The molecule has 0 unspecified atom stereocenters. The van der Waals surface area contributed by atoms with Gasteiger partial charge in [-0.3, -0.25) is 0 Å². The Bertz CT molecular complexity index is 326. The second-order valence-corrected chi connectivity index (χ2v) is 5.58. The van der Waals surface area contributed by atoms with Gasteiger partial charge in [-0.1, -0.05) is 13.8 Å². The maximum absolute atomic E-state index is 5.63. The van der Waals surface area contributed by atoms with E-state index in [9.17, 15) is 0 Å². The number of ether oxygens (including phenoxy) is 2. The van der Waals surface area contributed by atoms with Gasteiger partial charge in [-0.2, -0.15) is 0 Å².